The number of hydrogen-bond acceptors (Lipinski definition) is 5. The van der Waals surface area contributed by atoms with Crippen LogP contribution in [0.1, 0.15) is 5.82 Å². The Hall–Kier alpha value is -3.79. The molecule has 4 aromatic rings. The molecule has 0 saturated heterocycles. The molecule has 0 spiro atoms. The van der Waals surface area contributed by atoms with Crippen LogP contribution in [0.5, 0.6) is 0 Å². The SMILES string of the molecule is O=C(Cn1c(=O)oc2ccc(F)c(F)c21)N1Cc2nc(-c3ccccc3)cn2CC(O)C1. The van der Waals surface area contributed by atoms with Gasteiger partial charge in [0.25, 0.3) is 0 Å². The number of fused-ring (bicyclic) bond motifs is 2. The number of imidazole rings is 1. The van der Waals surface area contributed by atoms with E-state index in [0.717, 1.165) is 22.3 Å². The van der Waals surface area contributed by atoms with Gasteiger partial charge in [0, 0.05) is 18.3 Å². The summed E-state index contributed by atoms with van der Waals surface area (Å²) in [5.74, 6) is -3.38. The van der Waals surface area contributed by atoms with Crippen molar-refractivity contribution in [3.05, 3.63) is 76.7 Å². The first kappa shape index (κ1) is 20.1. The highest BCUT2D eigenvalue weighted by molar-refractivity contribution is 5.80. The van der Waals surface area contributed by atoms with Crippen molar-refractivity contribution in [1.29, 1.82) is 0 Å². The number of halogens is 2. The molecule has 0 saturated carbocycles. The molecular formula is C22H18F2N4O4. The second-order valence-electron chi connectivity index (χ2n) is 7.65. The summed E-state index contributed by atoms with van der Waals surface area (Å²) in [4.78, 5) is 31.1. The molecule has 164 valence electrons. The number of aromatic nitrogens is 3. The number of benzene rings is 2. The number of carbonyl (C=O) groups is 1. The Morgan fingerprint density at radius 2 is 1.94 bits per heavy atom. The molecule has 2 aromatic heterocycles. The summed E-state index contributed by atoms with van der Waals surface area (Å²) in [6.07, 6.45) is 0.943. The minimum absolute atomic E-state index is 0.00421. The van der Waals surface area contributed by atoms with Gasteiger partial charge in [-0.2, -0.15) is 0 Å². The molecule has 1 N–H and O–H groups in total. The molecule has 32 heavy (non-hydrogen) atoms. The number of aliphatic hydroxyl groups is 1. The van der Waals surface area contributed by atoms with Crippen LogP contribution in [-0.4, -0.2) is 42.7 Å². The first-order valence-electron chi connectivity index (χ1n) is 9.95. The van der Waals surface area contributed by atoms with E-state index in [1.807, 2.05) is 36.5 Å². The Balaban J connectivity index is 1.45. The van der Waals surface area contributed by atoms with Gasteiger partial charge in [0.05, 0.1) is 24.9 Å². The molecule has 1 atom stereocenters. The van der Waals surface area contributed by atoms with Crippen molar-refractivity contribution in [3.63, 3.8) is 0 Å². The maximum Gasteiger partial charge on any atom is 0.420 e. The van der Waals surface area contributed by atoms with Gasteiger partial charge in [-0.3, -0.25) is 9.36 Å². The fourth-order valence-corrected chi connectivity index (χ4v) is 3.93. The van der Waals surface area contributed by atoms with Gasteiger partial charge in [0.2, 0.25) is 5.91 Å². The highest BCUT2D eigenvalue weighted by Crippen LogP contribution is 2.23. The lowest BCUT2D eigenvalue weighted by molar-refractivity contribution is -0.133. The number of amides is 1. The maximum absolute atomic E-state index is 14.3. The van der Waals surface area contributed by atoms with E-state index in [0.29, 0.717) is 11.5 Å². The van der Waals surface area contributed by atoms with E-state index in [1.54, 1.807) is 4.57 Å². The average molecular weight is 440 g/mol. The van der Waals surface area contributed by atoms with Crippen LogP contribution >= 0.6 is 0 Å². The number of rotatable bonds is 3. The monoisotopic (exact) mass is 440 g/mol. The third kappa shape index (κ3) is 3.48. The topological polar surface area (TPSA) is 93.5 Å². The van der Waals surface area contributed by atoms with Crippen molar-refractivity contribution in [2.24, 2.45) is 0 Å². The van der Waals surface area contributed by atoms with E-state index in [-0.39, 0.29) is 25.2 Å². The lowest BCUT2D eigenvalue weighted by Crippen LogP contribution is -2.39. The third-order valence-electron chi connectivity index (χ3n) is 5.47. The molecular weight excluding hydrogens is 422 g/mol. The summed E-state index contributed by atoms with van der Waals surface area (Å²) in [6, 6.07) is 11.5. The van der Waals surface area contributed by atoms with E-state index >= 15 is 0 Å². The van der Waals surface area contributed by atoms with Crippen LogP contribution in [0, 0.1) is 11.6 Å². The molecule has 5 rings (SSSR count). The summed E-state index contributed by atoms with van der Waals surface area (Å²) < 4.78 is 35.4. The molecule has 1 amide bonds. The predicted molar refractivity (Wildman–Crippen MR) is 109 cm³/mol. The molecule has 0 radical (unpaired) electrons. The Morgan fingerprint density at radius 1 is 1.16 bits per heavy atom. The van der Waals surface area contributed by atoms with E-state index < -0.39 is 41.5 Å². The Morgan fingerprint density at radius 3 is 2.72 bits per heavy atom. The van der Waals surface area contributed by atoms with Crippen LogP contribution in [-0.2, 0) is 24.4 Å². The van der Waals surface area contributed by atoms with Crippen molar-refractivity contribution in [2.45, 2.75) is 25.7 Å². The number of β-amino-alcohol motifs (C(OH)–C–C–N with tert-alkyl or cyclic N) is 1. The zero-order valence-electron chi connectivity index (χ0n) is 16.7. The van der Waals surface area contributed by atoms with E-state index in [2.05, 4.69) is 4.98 Å². The summed E-state index contributed by atoms with van der Waals surface area (Å²) in [6.45, 7) is -0.229. The molecule has 1 aliphatic rings. The Kier molecular flexibility index (Phi) is 4.86. The smallest absolute Gasteiger partial charge is 0.408 e. The van der Waals surface area contributed by atoms with Gasteiger partial charge in [-0.05, 0) is 12.1 Å². The van der Waals surface area contributed by atoms with Gasteiger partial charge < -0.3 is 19.0 Å². The molecule has 0 fully saturated rings. The number of carbonyl (C=O) groups excluding carboxylic acids is 1. The van der Waals surface area contributed by atoms with Crippen LogP contribution in [0.25, 0.3) is 22.4 Å². The van der Waals surface area contributed by atoms with Gasteiger partial charge in [-0.25, -0.2) is 18.6 Å². The quantitative estimate of drug-likeness (QED) is 0.527. The summed E-state index contributed by atoms with van der Waals surface area (Å²) in [5.41, 5.74) is 1.04. The molecule has 0 aliphatic carbocycles. The lowest BCUT2D eigenvalue weighted by Gasteiger charge is -2.21. The van der Waals surface area contributed by atoms with Gasteiger partial charge in [0.15, 0.2) is 17.2 Å². The molecule has 1 unspecified atom stereocenters. The van der Waals surface area contributed by atoms with Crippen LogP contribution in [0.4, 0.5) is 8.78 Å². The predicted octanol–water partition coefficient (Wildman–Crippen LogP) is 2.14. The lowest BCUT2D eigenvalue weighted by atomic mass is 10.2. The van der Waals surface area contributed by atoms with Crippen molar-refractivity contribution in [3.8, 4) is 11.3 Å². The largest absolute Gasteiger partial charge is 0.420 e. The van der Waals surface area contributed by atoms with Crippen LogP contribution < -0.4 is 5.76 Å². The van der Waals surface area contributed by atoms with Crippen molar-refractivity contribution in [2.75, 3.05) is 6.54 Å². The van der Waals surface area contributed by atoms with E-state index in [9.17, 15) is 23.5 Å². The molecule has 10 heteroatoms. The summed E-state index contributed by atoms with van der Waals surface area (Å²) in [5, 5.41) is 10.4. The Labute approximate surface area is 179 Å². The van der Waals surface area contributed by atoms with Crippen LogP contribution in [0.3, 0.4) is 0 Å². The molecule has 1 aliphatic heterocycles. The van der Waals surface area contributed by atoms with Crippen molar-refractivity contribution in [1.82, 2.24) is 19.0 Å². The van der Waals surface area contributed by atoms with Crippen molar-refractivity contribution >= 4 is 17.0 Å². The minimum atomic E-state index is -1.26. The zero-order chi connectivity index (χ0) is 22.4. The van der Waals surface area contributed by atoms with Gasteiger partial charge >= 0.3 is 5.76 Å². The fourth-order valence-electron chi connectivity index (χ4n) is 3.93. The molecule has 2 aromatic carbocycles. The standard InChI is InChI=1S/C22H18F2N4O4/c23-15-6-7-17-21(20(15)24)28(22(31)32-17)12-19(30)27-9-14(29)8-26-10-16(25-18(26)11-27)13-4-2-1-3-5-13/h1-7,10,14,29H,8-9,11-12H2. The van der Waals surface area contributed by atoms with Gasteiger partial charge in [-0.15, -0.1) is 0 Å². The molecule has 3 heterocycles. The second kappa shape index (κ2) is 7.72. The van der Waals surface area contributed by atoms with Gasteiger partial charge in [-0.1, -0.05) is 30.3 Å². The highest BCUT2D eigenvalue weighted by Gasteiger charge is 2.27. The average Bonchev–Trinajstić information content (AvgIpc) is 3.27. The number of nitrogens with zero attached hydrogens (tertiary/aromatic N) is 4. The molecule has 0 bridgehead atoms. The van der Waals surface area contributed by atoms with E-state index in [1.165, 1.54) is 4.90 Å². The number of aliphatic hydroxyl groups excluding tert-OH is 1. The Bertz CT molecular complexity index is 1380. The number of hydrogen-bond donors (Lipinski definition) is 1. The minimum Gasteiger partial charge on any atom is -0.408 e. The van der Waals surface area contributed by atoms with Crippen molar-refractivity contribution < 1.29 is 23.1 Å². The normalized spacial score (nSPS) is 16.2. The summed E-state index contributed by atoms with van der Waals surface area (Å²) in [7, 11) is 0. The number of oxazole rings is 1. The summed E-state index contributed by atoms with van der Waals surface area (Å²) >= 11 is 0. The maximum atomic E-state index is 14.3. The first-order valence-corrected chi connectivity index (χ1v) is 9.95. The van der Waals surface area contributed by atoms with Crippen LogP contribution in [0.15, 0.2) is 57.9 Å². The van der Waals surface area contributed by atoms with E-state index in [4.69, 9.17) is 4.42 Å². The second-order valence-corrected chi connectivity index (χ2v) is 7.65. The molecule has 8 nitrogen and oxygen atoms in total. The highest BCUT2D eigenvalue weighted by atomic mass is 19.2. The van der Waals surface area contributed by atoms with Crippen LogP contribution in [0.2, 0.25) is 0 Å². The zero-order valence-corrected chi connectivity index (χ0v) is 16.7. The third-order valence-corrected chi connectivity index (χ3v) is 5.47. The van der Waals surface area contributed by atoms with Gasteiger partial charge in [0.1, 0.15) is 17.9 Å². The fraction of sp³-hybridized carbons (Fsp3) is 0.227. The first-order chi connectivity index (χ1) is 15.4.